The standard InChI is InChI=1S/C14H17N3/c1-2-4-12-11(3-1)15-14(16-12)17-13-8-9-5-6-10(13)7-9/h1-4,9-10,13H,5-8H2,(H2,15,16,17). The lowest BCUT2D eigenvalue weighted by molar-refractivity contribution is 0.438. The maximum atomic E-state index is 4.59. The van der Waals surface area contributed by atoms with Gasteiger partial charge in [-0.2, -0.15) is 0 Å². The van der Waals surface area contributed by atoms with E-state index in [1.54, 1.807) is 0 Å². The highest BCUT2D eigenvalue weighted by atomic mass is 15.1. The minimum atomic E-state index is 0.648. The van der Waals surface area contributed by atoms with Gasteiger partial charge in [0.05, 0.1) is 11.0 Å². The minimum absolute atomic E-state index is 0.648. The lowest BCUT2D eigenvalue weighted by atomic mass is 9.95. The van der Waals surface area contributed by atoms with Gasteiger partial charge >= 0.3 is 0 Å². The number of benzene rings is 1. The van der Waals surface area contributed by atoms with Gasteiger partial charge in [0, 0.05) is 6.04 Å². The monoisotopic (exact) mass is 227 g/mol. The Bertz CT molecular complexity index is 512. The number of H-pyrrole nitrogens is 1. The van der Waals surface area contributed by atoms with Gasteiger partial charge in [-0.05, 0) is 43.2 Å². The molecule has 2 aromatic rings. The highest BCUT2D eigenvalue weighted by molar-refractivity contribution is 5.77. The summed E-state index contributed by atoms with van der Waals surface area (Å²) in [5.41, 5.74) is 2.18. The Morgan fingerprint density at radius 1 is 1.18 bits per heavy atom. The molecule has 4 rings (SSSR count). The number of aromatic amines is 1. The van der Waals surface area contributed by atoms with Crippen LogP contribution >= 0.6 is 0 Å². The van der Waals surface area contributed by atoms with Crippen molar-refractivity contribution in [2.45, 2.75) is 31.7 Å². The van der Waals surface area contributed by atoms with Crippen LogP contribution in [0, 0.1) is 11.8 Å². The Hall–Kier alpha value is -1.51. The van der Waals surface area contributed by atoms with E-state index < -0.39 is 0 Å². The van der Waals surface area contributed by atoms with E-state index in [0.717, 1.165) is 28.8 Å². The van der Waals surface area contributed by atoms with Crippen molar-refractivity contribution in [3.8, 4) is 0 Å². The first-order valence-corrected chi connectivity index (χ1v) is 6.60. The molecular weight excluding hydrogens is 210 g/mol. The predicted octanol–water partition coefficient (Wildman–Crippen LogP) is 3.16. The zero-order chi connectivity index (χ0) is 11.2. The predicted molar refractivity (Wildman–Crippen MR) is 69.0 cm³/mol. The van der Waals surface area contributed by atoms with Gasteiger partial charge in [-0.3, -0.25) is 0 Å². The number of hydrogen-bond donors (Lipinski definition) is 2. The molecule has 3 atom stereocenters. The summed E-state index contributed by atoms with van der Waals surface area (Å²) in [7, 11) is 0. The lowest BCUT2D eigenvalue weighted by Gasteiger charge is -2.22. The summed E-state index contributed by atoms with van der Waals surface area (Å²) in [6, 6.07) is 8.85. The van der Waals surface area contributed by atoms with Crippen LogP contribution in [0.15, 0.2) is 24.3 Å². The van der Waals surface area contributed by atoms with E-state index in [2.05, 4.69) is 27.4 Å². The molecule has 1 heterocycles. The zero-order valence-electron chi connectivity index (χ0n) is 9.82. The van der Waals surface area contributed by atoms with Crippen molar-refractivity contribution in [1.29, 1.82) is 0 Å². The van der Waals surface area contributed by atoms with Gasteiger partial charge in [0.1, 0.15) is 0 Å². The number of fused-ring (bicyclic) bond motifs is 3. The first-order valence-electron chi connectivity index (χ1n) is 6.60. The Morgan fingerprint density at radius 3 is 2.88 bits per heavy atom. The Labute approximate surface area is 101 Å². The number of rotatable bonds is 2. The van der Waals surface area contributed by atoms with Gasteiger partial charge in [0.25, 0.3) is 0 Å². The minimum Gasteiger partial charge on any atom is -0.353 e. The van der Waals surface area contributed by atoms with E-state index in [-0.39, 0.29) is 0 Å². The number of imidazole rings is 1. The van der Waals surface area contributed by atoms with E-state index in [1.165, 1.54) is 25.7 Å². The second kappa shape index (κ2) is 3.49. The summed E-state index contributed by atoms with van der Waals surface area (Å²) in [4.78, 5) is 7.95. The molecule has 0 amide bonds. The summed E-state index contributed by atoms with van der Waals surface area (Å²) in [6.45, 7) is 0. The molecule has 2 aliphatic carbocycles. The highest BCUT2D eigenvalue weighted by Gasteiger charge is 2.39. The third kappa shape index (κ3) is 1.53. The number of anilines is 1. The fourth-order valence-electron chi connectivity index (χ4n) is 3.62. The van der Waals surface area contributed by atoms with Gasteiger partial charge in [0.2, 0.25) is 5.95 Å². The van der Waals surface area contributed by atoms with Crippen LogP contribution < -0.4 is 5.32 Å². The van der Waals surface area contributed by atoms with Gasteiger partial charge in [-0.25, -0.2) is 4.98 Å². The van der Waals surface area contributed by atoms with Crippen LogP contribution in [0.3, 0.4) is 0 Å². The van der Waals surface area contributed by atoms with Crippen LogP contribution in [0.2, 0.25) is 0 Å². The van der Waals surface area contributed by atoms with Crippen LogP contribution in [-0.2, 0) is 0 Å². The molecule has 2 aliphatic rings. The molecule has 3 heteroatoms. The Kier molecular flexibility index (Phi) is 1.95. The third-order valence-corrected chi connectivity index (χ3v) is 4.45. The molecule has 17 heavy (non-hydrogen) atoms. The van der Waals surface area contributed by atoms with E-state index in [1.807, 2.05) is 12.1 Å². The number of aromatic nitrogens is 2. The Morgan fingerprint density at radius 2 is 2.12 bits per heavy atom. The molecule has 0 saturated heterocycles. The molecule has 0 aliphatic heterocycles. The molecule has 2 fully saturated rings. The molecule has 1 aromatic carbocycles. The average molecular weight is 227 g/mol. The van der Waals surface area contributed by atoms with Gasteiger partial charge in [-0.1, -0.05) is 18.6 Å². The van der Waals surface area contributed by atoms with Crippen LogP contribution in [0.1, 0.15) is 25.7 Å². The summed E-state index contributed by atoms with van der Waals surface area (Å²) < 4.78 is 0. The summed E-state index contributed by atoms with van der Waals surface area (Å²) in [5, 5.41) is 3.60. The topological polar surface area (TPSA) is 40.7 Å². The number of nitrogens with zero attached hydrogens (tertiary/aromatic N) is 1. The molecule has 2 bridgehead atoms. The van der Waals surface area contributed by atoms with Crippen molar-refractivity contribution < 1.29 is 0 Å². The van der Waals surface area contributed by atoms with E-state index in [9.17, 15) is 0 Å². The number of para-hydroxylation sites is 2. The number of nitrogens with one attached hydrogen (secondary N) is 2. The van der Waals surface area contributed by atoms with Crippen molar-refractivity contribution in [3.05, 3.63) is 24.3 Å². The van der Waals surface area contributed by atoms with Crippen molar-refractivity contribution >= 4 is 17.0 Å². The molecule has 1 aromatic heterocycles. The van der Waals surface area contributed by atoms with E-state index in [0.29, 0.717) is 6.04 Å². The van der Waals surface area contributed by atoms with E-state index in [4.69, 9.17) is 0 Å². The van der Waals surface area contributed by atoms with Crippen LogP contribution in [0.25, 0.3) is 11.0 Å². The van der Waals surface area contributed by atoms with Gasteiger partial charge < -0.3 is 10.3 Å². The molecule has 88 valence electrons. The molecule has 0 spiro atoms. The lowest BCUT2D eigenvalue weighted by Crippen LogP contribution is -2.26. The highest BCUT2D eigenvalue weighted by Crippen LogP contribution is 2.45. The van der Waals surface area contributed by atoms with Crippen molar-refractivity contribution in [2.24, 2.45) is 11.8 Å². The van der Waals surface area contributed by atoms with Crippen molar-refractivity contribution in [1.82, 2.24) is 9.97 Å². The van der Waals surface area contributed by atoms with Crippen LogP contribution in [0.4, 0.5) is 5.95 Å². The van der Waals surface area contributed by atoms with Gasteiger partial charge in [0.15, 0.2) is 0 Å². The third-order valence-electron chi connectivity index (χ3n) is 4.45. The van der Waals surface area contributed by atoms with Crippen molar-refractivity contribution in [2.75, 3.05) is 5.32 Å². The Balaban J connectivity index is 1.59. The fraction of sp³-hybridized carbons (Fsp3) is 0.500. The van der Waals surface area contributed by atoms with Crippen LogP contribution in [-0.4, -0.2) is 16.0 Å². The normalized spacial score (nSPS) is 31.2. The largest absolute Gasteiger partial charge is 0.353 e. The van der Waals surface area contributed by atoms with Crippen molar-refractivity contribution in [3.63, 3.8) is 0 Å². The SMILES string of the molecule is c1ccc2[nH]c(NC3CC4CCC3C4)nc2c1. The maximum Gasteiger partial charge on any atom is 0.201 e. The number of hydrogen-bond acceptors (Lipinski definition) is 2. The molecule has 3 nitrogen and oxygen atoms in total. The van der Waals surface area contributed by atoms with Crippen LogP contribution in [0.5, 0.6) is 0 Å². The smallest absolute Gasteiger partial charge is 0.201 e. The second-order valence-electron chi connectivity index (χ2n) is 5.53. The molecule has 2 N–H and O–H groups in total. The first-order chi connectivity index (χ1) is 8.38. The molecule has 2 saturated carbocycles. The fourth-order valence-corrected chi connectivity index (χ4v) is 3.62. The maximum absolute atomic E-state index is 4.59. The first kappa shape index (κ1) is 9.51. The summed E-state index contributed by atoms with van der Waals surface area (Å²) >= 11 is 0. The quantitative estimate of drug-likeness (QED) is 0.827. The average Bonchev–Trinajstić information content (AvgIpc) is 3.01. The summed E-state index contributed by atoms with van der Waals surface area (Å²) in [5.74, 6) is 2.80. The molecule has 0 radical (unpaired) electrons. The zero-order valence-corrected chi connectivity index (χ0v) is 9.82. The molecular formula is C14H17N3. The molecule has 3 unspecified atom stereocenters. The van der Waals surface area contributed by atoms with Gasteiger partial charge in [-0.15, -0.1) is 0 Å². The second-order valence-corrected chi connectivity index (χ2v) is 5.53. The summed E-state index contributed by atoms with van der Waals surface area (Å²) in [6.07, 6.45) is 5.62. The van der Waals surface area contributed by atoms with E-state index >= 15 is 0 Å².